The molecule has 1 heterocycles. The second-order valence-corrected chi connectivity index (χ2v) is 4.14. The number of urea groups is 1. The summed E-state index contributed by atoms with van der Waals surface area (Å²) >= 11 is 0. The molecule has 0 aliphatic carbocycles. The van der Waals surface area contributed by atoms with Gasteiger partial charge in [0.15, 0.2) is 0 Å². The molecule has 3 N–H and O–H groups in total. The van der Waals surface area contributed by atoms with Gasteiger partial charge in [-0.25, -0.2) is 4.79 Å². The Labute approximate surface area is 107 Å². The van der Waals surface area contributed by atoms with E-state index in [2.05, 4.69) is 29.1 Å². The lowest BCUT2D eigenvalue weighted by Gasteiger charge is -2.37. The van der Waals surface area contributed by atoms with Crippen LogP contribution >= 0.6 is 0 Å². The van der Waals surface area contributed by atoms with E-state index in [-0.39, 0.29) is 18.2 Å². The van der Waals surface area contributed by atoms with Gasteiger partial charge in [-0.3, -0.25) is 20.8 Å². The summed E-state index contributed by atoms with van der Waals surface area (Å²) < 4.78 is 0. The van der Waals surface area contributed by atoms with Gasteiger partial charge >= 0.3 is 6.03 Å². The first-order valence-electron chi connectivity index (χ1n) is 5.79. The standard InChI is InChI=1S/C13H17N3O2/c1-4-6-7-9(3)13(8-5-2)10(14)15-12(18)16-11(13)17/h5,9H,2,4,8H2,1,3H3,(H3,14,15,16,17,18)/i12+1,15+1,16+1. The van der Waals surface area contributed by atoms with Gasteiger partial charge in [0.2, 0.25) is 5.91 Å². The molecule has 96 valence electrons. The highest BCUT2D eigenvalue weighted by Gasteiger charge is 2.50. The van der Waals surface area contributed by atoms with Gasteiger partial charge in [0.05, 0.1) is 0 Å². The Morgan fingerprint density at radius 1 is 1.50 bits per heavy atom. The molecule has 1 aliphatic rings. The van der Waals surface area contributed by atoms with Crippen molar-refractivity contribution in [2.24, 2.45) is 11.3 Å². The summed E-state index contributed by atoms with van der Waals surface area (Å²) in [6.45, 7) is 7.30. The second kappa shape index (κ2) is 5.50. The lowest BCUT2D eigenvalue weighted by atomic mass is 9.72. The summed E-state index contributed by atoms with van der Waals surface area (Å²) in [5, 5.41) is 12.5. The van der Waals surface area contributed by atoms with Gasteiger partial charge in [-0.15, -0.1) is 12.5 Å². The van der Waals surface area contributed by atoms with Gasteiger partial charge in [-0.05, 0) is 13.3 Å². The van der Waals surface area contributed by atoms with Gasteiger partial charge in [-0.2, -0.15) is 0 Å². The molecule has 2 unspecified atom stereocenters. The van der Waals surface area contributed by atoms with E-state index in [1.807, 2.05) is 6.92 Å². The summed E-state index contributed by atoms with van der Waals surface area (Å²) in [5.74, 6) is 4.88. The van der Waals surface area contributed by atoms with Crippen LogP contribution in [0.15, 0.2) is 12.7 Å². The predicted molar refractivity (Wildman–Crippen MR) is 68.9 cm³/mol. The summed E-state index contributed by atoms with van der Waals surface area (Å²) in [7, 11) is 0. The summed E-state index contributed by atoms with van der Waals surface area (Å²) in [5.41, 5.74) is -1.15. The molecule has 0 aromatic heterocycles. The largest absolute Gasteiger partial charge is 0.326 e. The van der Waals surface area contributed by atoms with E-state index in [4.69, 9.17) is 5.41 Å². The monoisotopic (exact) mass is 250 g/mol. The minimum atomic E-state index is -1.15. The molecule has 0 aromatic rings. The molecule has 0 radical (unpaired) electrons. The van der Waals surface area contributed by atoms with Crippen LogP contribution in [-0.4, -0.2) is 17.8 Å². The van der Waals surface area contributed by atoms with Crippen molar-refractivity contribution in [3.05, 3.63) is 12.7 Å². The third kappa shape index (κ3) is 2.28. The number of carbonyl (C=O) groups excluding carboxylic acids is 2. The number of nitrogens with one attached hydrogen (secondary N) is 3. The molecule has 0 aromatic carbocycles. The van der Waals surface area contributed by atoms with Crippen molar-refractivity contribution >= 4 is 17.8 Å². The number of amidine groups is 1. The maximum atomic E-state index is 12.1. The number of hydrogen-bond acceptors (Lipinski definition) is 3. The Hall–Kier alpha value is -2.09. The number of hydrogen-bond donors (Lipinski definition) is 3. The fraction of sp³-hybridized carbons (Fsp3) is 0.462. The van der Waals surface area contributed by atoms with E-state index in [0.29, 0.717) is 6.42 Å². The molecule has 1 saturated heterocycles. The quantitative estimate of drug-likeness (QED) is 0.306. The molecule has 0 saturated carbocycles. The SMILES string of the molecule is C=CCC1(C(C)C#CCC)C(=N)[15NH][13C](=O)[15NH]C1=O. The fourth-order valence-electron chi connectivity index (χ4n) is 1.98. The Morgan fingerprint density at radius 3 is 2.67 bits per heavy atom. The van der Waals surface area contributed by atoms with Crippen LogP contribution in [0.3, 0.4) is 0 Å². The average molecular weight is 250 g/mol. The first-order valence-corrected chi connectivity index (χ1v) is 5.79. The van der Waals surface area contributed by atoms with Crippen molar-refractivity contribution in [3.8, 4) is 11.8 Å². The molecule has 18 heavy (non-hydrogen) atoms. The zero-order valence-corrected chi connectivity index (χ0v) is 10.6. The minimum Gasteiger partial charge on any atom is -0.295 e. The predicted octanol–water partition coefficient (Wildman–Crippen LogP) is 1.42. The first kappa shape index (κ1) is 14.0. The number of amides is 3. The zero-order chi connectivity index (χ0) is 13.8. The van der Waals surface area contributed by atoms with Crippen molar-refractivity contribution in [1.82, 2.24) is 10.6 Å². The van der Waals surface area contributed by atoms with Gasteiger partial charge < -0.3 is 0 Å². The Kier molecular flexibility index (Phi) is 4.27. The Morgan fingerprint density at radius 2 is 2.17 bits per heavy atom. The molecule has 0 spiro atoms. The molecule has 0 bridgehead atoms. The van der Waals surface area contributed by atoms with Crippen LogP contribution in [0.2, 0.25) is 0 Å². The topological polar surface area (TPSA) is 82.1 Å². The van der Waals surface area contributed by atoms with Crippen molar-refractivity contribution in [1.29, 1.82) is 5.41 Å². The third-order valence-corrected chi connectivity index (χ3v) is 3.02. The van der Waals surface area contributed by atoms with Crippen molar-refractivity contribution < 1.29 is 9.59 Å². The van der Waals surface area contributed by atoms with E-state index >= 15 is 0 Å². The van der Waals surface area contributed by atoms with E-state index in [0.717, 1.165) is 0 Å². The molecule has 3 amide bonds. The minimum absolute atomic E-state index is 0.117. The summed E-state index contributed by atoms with van der Waals surface area (Å²) in [4.78, 5) is 23.3. The average Bonchev–Trinajstić information content (AvgIpc) is 2.30. The van der Waals surface area contributed by atoms with Gasteiger partial charge in [0, 0.05) is 12.3 Å². The third-order valence-electron chi connectivity index (χ3n) is 3.02. The fourth-order valence-corrected chi connectivity index (χ4v) is 1.98. The van der Waals surface area contributed by atoms with Crippen LogP contribution in [0.25, 0.3) is 0 Å². The highest BCUT2D eigenvalue weighted by atomic mass is 16.4. The summed E-state index contributed by atoms with van der Waals surface area (Å²) in [6, 6.07) is -0.666. The number of allylic oxidation sites excluding steroid dienone is 1. The maximum absolute atomic E-state index is 12.1. The van der Waals surface area contributed by atoms with E-state index in [1.54, 1.807) is 13.0 Å². The summed E-state index contributed by atoms with van der Waals surface area (Å²) in [6.07, 6.45) is 2.50. The molecule has 1 fully saturated rings. The van der Waals surface area contributed by atoms with Crippen molar-refractivity contribution in [2.75, 3.05) is 0 Å². The number of rotatable bonds is 3. The molecule has 5 nitrogen and oxygen atoms in total. The maximum Gasteiger partial charge on any atom is 0.326 e. The van der Waals surface area contributed by atoms with Gasteiger partial charge in [0.25, 0.3) is 0 Å². The first-order chi connectivity index (χ1) is 8.48. The Balaban J connectivity index is 3.20. The second-order valence-electron chi connectivity index (χ2n) is 4.14. The molecule has 1 rings (SSSR count). The number of carbonyl (C=O) groups is 2. The van der Waals surface area contributed by atoms with Crippen LogP contribution < -0.4 is 10.6 Å². The smallest absolute Gasteiger partial charge is 0.295 e. The van der Waals surface area contributed by atoms with Crippen LogP contribution in [-0.2, 0) is 4.79 Å². The lowest BCUT2D eigenvalue weighted by molar-refractivity contribution is -0.128. The highest BCUT2D eigenvalue weighted by molar-refractivity contribution is 6.20. The van der Waals surface area contributed by atoms with Crippen LogP contribution in [0.5, 0.6) is 0 Å². The lowest BCUT2D eigenvalue weighted by Crippen LogP contribution is -2.64. The molecule has 2 atom stereocenters. The molecular formula is C13H17N3O2. The molecular weight excluding hydrogens is 233 g/mol. The van der Waals surface area contributed by atoms with E-state index in [1.165, 1.54) is 0 Å². The van der Waals surface area contributed by atoms with Crippen LogP contribution in [0.1, 0.15) is 26.7 Å². The molecule has 5 heteroatoms. The van der Waals surface area contributed by atoms with Crippen molar-refractivity contribution in [2.45, 2.75) is 26.7 Å². The van der Waals surface area contributed by atoms with Gasteiger partial charge in [-0.1, -0.05) is 18.9 Å². The Bertz CT molecular complexity index is 437. The van der Waals surface area contributed by atoms with Crippen molar-refractivity contribution in [3.63, 3.8) is 0 Å². The van der Waals surface area contributed by atoms with Crippen LogP contribution in [0.4, 0.5) is 4.79 Å². The molecule has 1 aliphatic heterocycles. The van der Waals surface area contributed by atoms with Crippen LogP contribution in [0, 0.1) is 28.6 Å². The van der Waals surface area contributed by atoms with E-state index < -0.39 is 17.4 Å². The number of imide groups is 1. The highest BCUT2D eigenvalue weighted by Crippen LogP contribution is 2.34. The zero-order valence-electron chi connectivity index (χ0n) is 10.6. The normalized spacial score (nSPS) is 24.4. The van der Waals surface area contributed by atoms with E-state index in [9.17, 15) is 9.59 Å². The van der Waals surface area contributed by atoms with Gasteiger partial charge in [0.1, 0.15) is 11.3 Å².